The maximum Gasteiger partial charge on any atom is 0.176 e. The van der Waals surface area contributed by atoms with Crippen LogP contribution >= 0.6 is 11.6 Å². The predicted octanol–water partition coefficient (Wildman–Crippen LogP) is 3.54. The van der Waals surface area contributed by atoms with Gasteiger partial charge in [0, 0.05) is 24.5 Å². The average Bonchev–Trinajstić information content (AvgIpc) is 3.24. The number of benzene rings is 1. The van der Waals surface area contributed by atoms with Crippen molar-refractivity contribution in [2.75, 3.05) is 11.9 Å². The van der Waals surface area contributed by atoms with Gasteiger partial charge in [0.15, 0.2) is 11.3 Å². The fourth-order valence-corrected chi connectivity index (χ4v) is 3.43. The quantitative estimate of drug-likeness (QED) is 0.518. The topological polar surface area (TPSA) is 72.4 Å². The molecular formula is C19H16ClN7. The highest BCUT2D eigenvalue weighted by Gasteiger charge is 2.14. The van der Waals surface area contributed by atoms with Crippen molar-refractivity contribution in [3.05, 3.63) is 65.2 Å². The number of hydrogen-bond acceptors (Lipinski definition) is 5. The Labute approximate surface area is 159 Å². The van der Waals surface area contributed by atoms with Crippen LogP contribution in [0.3, 0.4) is 0 Å². The van der Waals surface area contributed by atoms with Crippen LogP contribution in [0.5, 0.6) is 0 Å². The summed E-state index contributed by atoms with van der Waals surface area (Å²) in [4.78, 5) is 4.72. The smallest absolute Gasteiger partial charge is 0.176 e. The van der Waals surface area contributed by atoms with Gasteiger partial charge in [-0.05, 0) is 31.2 Å². The summed E-state index contributed by atoms with van der Waals surface area (Å²) in [5.74, 6) is 1.69. The molecule has 0 radical (unpaired) electrons. The fraction of sp³-hybridized carbons (Fsp3) is 0.158. The number of fused-ring (bicyclic) bond motifs is 4. The third-order valence-corrected chi connectivity index (χ3v) is 5.04. The first-order valence-corrected chi connectivity index (χ1v) is 9.06. The van der Waals surface area contributed by atoms with Gasteiger partial charge in [-0.1, -0.05) is 29.8 Å². The van der Waals surface area contributed by atoms with Gasteiger partial charge in [-0.15, -0.1) is 10.2 Å². The van der Waals surface area contributed by atoms with E-state index >= 15 is 0 Å². The molecule has 0 spiro atoms. The van der Waals surface area contributed by atoms with E-state index in [1.54, 1.807) is 4.52 Å². The molecule has 8 heteroatoms. The minimum Gasteiger partial charge on any atom is -0.369 e. The molecule has 0 saturated carbocycles. The number of anilines is 1. The second-order valence-electron chi connectivity index (χ2n) is 6.33. The summed E-state index contributed by atoms with van der Waals surface area (Å²) in [6, 6.07) is 13.9. The van der Waals surface area contributed by atoms with E-state index in [-0.39, 0.29) is 0 Å². The molecule has 0 fully saturated rings. The predicted molar refractivity (Wildman–Crippen MR) is 105 cm³/mol. The molecule has 0 bridgehead atoms. The van der Waals surface area contributed by atoms with Gasteiger partial charge in [0.2, 0.25) is 0 Å². The Morgan fingerprint density at radius 3 is 2.85 bits per heavy atom. The maximum absolute atomic E-state index is 6.40. The zero-order valence-electron chi connectivity index (χ0n) is 14.6. The van der Waals surface area contributed by atoms with Crippen LogP contribution < -0.4 is 5.32 Å². The van der Waals surface area contributed by atoms with E-state index in [0.29, 0.717) is 17.2 Å². The Bertz CT molecular complexity index is 1290. The van der Waals surface area contributed by atoms with Gasteiger partial charge in [-0.2, -0.15) is 5.10 Å². The van der Waals surface area contributed by atoms with E-state index in [2.05, 4.69) is 20.6 Å². The highest BCUT2D eigenvalue weighted by atomic mass is 35.5. The number of nitrogens with zero attached hydrogens (tertiary/aromatic N) is 6. The van der Waals surface area contributed by atoms with E-state index in [4.69, 9.17) is 16.6 Å². The van der Waals surface area contributed by atoms with Gasteiger partial charge in [0.05, 0.1) is 11.2 Å². The highest BCUT2D eigenvalue weighted by Crippen LogP contribution is 2.28. The van der Waals surface area contributed by atoms with Crippen molar-refractivity contribution in [1.29, 1.82) is 0 Å². The lowest BCUT2D eigenvalue weighted by atomic mass is 10.2. The van der Waals surface area contributed by atoms with Crippen molar-refractivity contribution in [1.82, 2.24) is 29.2 Å². The molecule has 7 nitrogen and oxygen atoms in total. The van der Waals surface area contributed by atoms with Crippen molar-refractivity contribution >= 4 is 39.6 Å². The number of halogens is 1. The first-order chi connectivity index (χ1) is 13.2. The Kier molecular flexibility index (Phi) is 3.68. The Hall–Kier alpha value is -3.19. The van der Waals surface area contributed by atoms with Crippen LogP contribution in [0, 0.1) is 6.92 Å². The van der Waals surface area contributed by atoms with Gasteiger partial charge in [0.1, 0.15) is 16.7 Å². The third-order valence-electron chi connectivity index (χ3n) is 4.60. The second-order valence-corrected chi connectivity index (χ2v) is 6.71. The van der Waals surface area contributed by atoms with E-state index in [1.165, 1.54) is 0 Å². The van der Waals surface area contributed by atoms with Crippen LogP contribution in [0.25, 0.3) is 22.2 Å². The lowest BCUT2D eigenvalue weighted by Gasteiger charge is -2.10. The molecule has 0 atom stereocenters. The highest BCUT2D eigenvalue weighted by molar-refractivity contribution is 6.34. The number of pyridine rings is 1. The van der Waals surface area contributed by atoms with Gasteiger partial charge in [-0.3, -0.25) is 4.40 Å². The molecule has 0 aliphatic carbocycles. The number of para-hydroxylation sites is 1. The molecular weight excluding hydrogens is 362 g/mol. The standard InChI is InChI=1S/C19H16ClN7/c1-12-17(20)19-22-18(13-6-2-3-7-14(13)27(19)25-12)21-10-9-16-24-23-15-8-4-5-11-26(15)16/h2-8,11H,9-10H2,1H3,(H,21,22). The first-order valence-electron chi connectivity index (χ1n) is 8.68. The first kappa shape index (κ1) is 16.0. The zero-order valence-corrected chi connectivity index (χ0v) is 15.4. The maximum atomic E-state index is 6.40. The van der Waals surface area contributed by atoms with E-state index in [9.17, 15) is 0 Å². The molecule has 0 amide bonds. The second kappa shape index (κ2) is 6.21. The largest absolute Gasteiger partial charge is 0.369 e. The zero-order chi connectivity index (χ0) is 18.4. The lowest BCUT2D eigenvalue weighted by Crippen LogP contribution is -2.10. The van der Waals surface area contributed by atoms with Crippen molar-refractivity contribution < 1.29 is 0 Å². The van der Waals surface area contributed by atoms with Gasteiger partial charge in [0.25, 0.3) is 0 Å². The Morgan fingerprint density at radius 2 is 1.93 bits per heavy atom. The molecule has 5 aromatic rings. The average molecular weight is 378 g/mol. The van der Waals surface area contributed by atoms with Crippen molar-refractivity contribution in [2.24, 2.45) is 0 Å². The number of aryl methyl sites for hydroxylation is 1. The van der Waals surface area contributed by atoms with Crippen LogP contribution in [0.15, 0.2) is 48.7 Å². The van der Waals surface area contributed by atoms with E-state index in [1.807, 2.05) is 60.0 Å². The van der Waals surface area contributed by atoms with Crippen LogP contribution in [0.1, 0.15) is 11.5 Å². The lowest BCUT2D eigenvalue weighted by molar-refractivity contribution is 0.868. The molecule has 0 aliphatic rings. The number of rotatable bonds is 4. The summed E-state index contributed by atoms with van der Waals surface area (Å²) in [7, 11) is 0. The van der Waals surface area contributed by atoms with Gasteiger partial charge < -0.3 is 5.32 Å². The molecule has 0 unspecified atom stereocenters. The molecule has 134 valence electrons. The van der Waals surface area contributed by atoms with E-state index in [0.717, 1.165) is 40.3 Å². The molecule has 5 rings (SSSR count). The van der Waals surface area contributed by atoms with Crippen LogP contribution in [0.4, 0.5) is 5.82 Å². The SMILES string of the molecule is Cc1nn2c(nc(NCCc3nnc4ccccn34)c3ccccc32)c1Cl. The number of hydrogen-bond donors (Lipinski definition) is 1. The normalized spacial score (nSPS) is 11.6. The minimum atomic E-state index is 0.576. The monoisotopic (exact) mass is 377 g/mol. The van der Waals surface area contributed by atoms with E-state index < -0.39 is 0 Å². The van der Waals surface area contributed by atoms with Crippen LogP contribution in [-0.2, 0) is 6.42 Å². The third kappa shape index (κ3) is 2.59. The summed E-state index contributed by atoms with van der Waals surface area (Å²) in [6.45, 7) is 2.56. The Balaban J connectivity index is 1.49. The van der Waals surface area contributed by atoms with Crippen molar-refractivity contribution in [3.8, 4) is 0 Å². The van der Waals surface area contributed by atoms with Crippen molar-refractivity contribution in [3.63, 3.8) is 0 Å². The number of aromatic nitrogens is 6. The molecule has 0 aliphatic heterocycles. The van der Waals surface area contributed by atoms with Crippen LogP contribution in [-0.4, -0.2) is 35.7 Å². The molecule has 1 N–H and O–H groups in total. The molecule has 4 heterocycles. The summed E-state index contributed by atoms with van der Waals surface area (Å²) in [5, 5.41) is 18.0. The minimum absolute atomic E-state index is 0.576. The van der Waals surface area contributed by atoms with Crippen LogP contribution in [0.2, 0.25) is 5.02 Å². The molecule has 1 aromatic carbocycles. The summed E-state index contributed by atoms with van der Waals surface area (Å²) >= 11 is 6.40. The van der Waals surface area contributed by atoms with Gasteiger partial charge >= 0.3 is 0 Å². The van der Waals surface area contributed by atoms with Crippen molar-refractivity contribution in [2.45, 2.75) is 13.3 Å². The van der Waals surface area contributed by atoms with Gasteiger partial charge in [-0.25, -0.2) is 9.50 Å². The fourth-order valence-electron chi connectivity index (χ4n) is 3.27. The molecule has 27 heavy (non-hydrogen) atoms. The molecule has 4 aromatic heterocycles. The Morgan fingerprint density at radius 1 is 1.07 bits per heavy atom. The summed E-state index contributed by atoms with van der Waals surface area (Å²) in [6.07, 6.45) is 2.69. The summed E-state index contributed by atoms with van der Waals surface area (Å²) in [5.41, 5.74) is 3.23. The summed E-state index contributed by atoms with van der Waals surface area (Å²) < 4.78 is 3.79. The molecule has 0 saturated heterocycles. The number of nitrogens with one attached hydrogen (secondary N) is 1.